The number of thioether (sulfide) groups is 1. The summed E-state index contributed by atoms with van der Waals surface area (Å²) in [4.78, 5) is 19.0. The van der Waals surface area contributed by atoms with Gasteiger partial charge >= 0.3 is 0 Å². The average Bonchev–Trinajstić information content (AvgIpc) is 3.19. The lowest BCUT2D eigenvalue weighted by Crippen LogP contribution is -2.38. The van der Waals surface area contributed by atoms with E-state index in [1.54, 1.807) is 32.4 Å². The zero-order valence-corrected chi connectivity index (χ0v) is 19.2. The van der Waals surface area contributed by atoms with E-state index >= 15 is 0 Å². The van der Waals surface area contributed by atoms with Crippen molar-refractivity contribution in [1.29, 1.82) is 0 Å². The number of fused-ring (bicyclic) bond motifs is 1. The Kier molecular flexibility index (Phi) is 5.98. The van der Waals surface area contributed by atoms with Gasteiger partial charge in [0.05, 0.1) is 43.9 Å². The minimum Gasteiger partial charge on any atom is -0.497 e. The van der Waals surface area contributed by atoms with Crippen molar-refractivity contribution in [2.75, 3.05) is 30.6 Å². The summed E-state index contributed by atoms with van der Waals surface area (Å²) >= 11 is 1.34. The number of carbonyl (C=O) groups is 1. The van der Waals surface area contributed by atoms with Crippen LogP contribution in [-0.4, -0.2) is 56.5 Å². The van der Waals surface area contributed by atoms with Crippen LogP contribution in [0.4, 0.5) is 5.69 Å². The number of nitrogens with zero attached hydrogens (tertiary/aromatic N) is 2. The summed E-state index contributed by atoms with van der Waals surface area (Å²) < 4.78 is 35.5. The Balaban J connectivity index is 1.70. The molecular weight excluding hydrogens is 436 g/mol. The number of hydrogen-bond donors (Lipinski definition) is 0. The van der Waals surface area contributed by atoms with Crippen LogP contribution in [0.3, 0.4) is 0 Å². The van der Waals surface area contributed by atoms with E-state index < -0.39 is 9.84 Å². The highest BCUT2D eigenvalue weighted by Gasteiger charge is 2.50. The molecule has 2 heterocycles. The second-order valence-electron chi connectivity index (χ2n) is 7.66. The van der Waals surface area contributed by atoms with E-state index in [0.717, 1.165) is 11.1 Å². The van der Waals surface area contributed by atoms with Crippen LogP contribution in [0.15, 0.2) is 47.5 Å². The molecule has 31 heavy (non-hydrogen) atoms. The third-order valence-corrected chi connectivity index (χ3v) is 8.62. The number of aliphatic imine (C=N–C) groups is 1. The van der Waals surface area contributed by atoms with Gasteiger partial charge in [0.15, 0.2) is 15.0 Å². The molecule has 164 valence electrons. The minimum absolute atomic E-state index is 0.0101. The lowest BCUT2D eigenvalue weighted by atomic mass is 10.1. The third kappa shape index (κ3) is 4.57. The van der Waals surface area contributed by atoms with E-state index in [1.807, 2.05) is 36.1 Å². The maximum atomic E-state index is 12.8. The van der Waals surface area contributed by atoms with Crippen molar-refractivity contribution in [1.82, 2.24) is 0 Å². The molecule has 0 unspecified atom stereocenters. The highest BCUT2D eigenvalue weighted by molar-refractivity contribution is 8.16. The van der Waals surface area contributed by atoms with Gasteiger partial charge in [0.25, 0.3) is 5.91 Å². The molecule has 2 fully saturated rings. The smallest absolute Gasteiger partial charge is 0.252 e. The number of methoxy groups -OCH3 is 2. The fraction of sp³-hybridized carbons (Fsp3) is 0.364. The number of benzene rings is 2. The van der Waals surface area contributed by atoms with Crippen molar-refractivity contribution >= 4 is 38.4 Å². The molecule has 0 N–H and O–H groups in total. The molecule has 2 aromatic rings. The topological polar surface area (TPSA) is 85.3 Å². The Labute approximate surface area is 186 Å². The molecule has 0 spiro atoms. The summed E-state index contributed by atoms with van der Waals surface area (Å²) in [5.41, 5.74) is 2.65. The van der Waals surface area contributed by atoms with E-state index in [2.05, 4.69) is 4.99 Å². The number of aryl methyl sites for hydroxylation is 1. The van der Waals surface area contributed by atoms with Gasteiger partial charge in [-0.05, 0) is 24.6 Å². The summed E-state index contributed by atoms with van der Waals surface area (Å²) in [6, 6.07) is 12.8. The first-order chi connectivity index (χ1) is 14.8. The van der Waals surface area contributed by atoms with Crippen LogP contribution in [0.5, 0.6) is 11.5 Å². The van der Waals surface area contributed by atoms with Crippen molar-refractivity contribution in [3.8, 4) is 11.5 Å². The first kappa shape index (κ1) is 21.7. The molecule has 0 saturated carbocycles. The van der Waals surface area contributed by atoms with E-state index in [1.165, 1.54) is 11.8 Å². The Morgan fingerprint density at radius 1 is 1.13 bits per heavy atom. The molecule has 0 aliphatic carbocycles. The number of sulfone groups is 1. The zero-order valence-electron chi connectivity index (χ0n) is 17.6. The molecule has 2 aromatic carbocycles. The average molecular weight is 461 g/mol. The van der Waals surface area contributed by atoms with Crippen LogP contribution in [0.25, 0.3) is 0 Å². The van der Waals surface area contributed by atoms with E-state index in [9.17, 15) is 13.2 Å². The van der Waals surface area contributed by atoms with Gasteiger partial charge in [0.1, 0.15) is 11.5 Å². The van der Waals surface area contributed by atoms with Gasteiger partial charge in [0.2, 0.25) is 0 Å². The van der Waals surface area contributed by atoms with Crippen LogP contribution < -0.4 is 14.4 Å². The molecular formula is C22H24N2O5S2. The van der Waals surface area contributed by atoms with Gasteiger partial charge in [-0.2, -0.15) is 4.99 Å². The molecule has 0 radical (unpaired) electrons. The molecule has 2 saturated heterocycles. The predicted octanol–water partition coefficient (Wildman–Crippen LogP) is 2.86. The third-order valence-electron chi connectivity index (χ3n) is 5.41. The van der Waals surface area contributed by atoms with Crippen molar-refractivity contribution in [3.05, 3.63) is 53.6 Å². The van der Waals surface area contributed by atoms with Gasteiger partial charge < -0.3 is 14.4 Å². The van der Waals surface area contributed by atoms with Crippen LogP contribution >= 0.6 is 11.8 Å². The van der Waals surface area contributed by atoms with Gasteiger partial charge in [-0.25, -0.2) is 8.42 Å². The number of hydrogen-bond acceptors (Lipinski definition) is 6. The predicted molar refractivity (Wildman–Crippen MR) is 123 cm³/mol. The van der Waals surface area contributed by atoms with E-state index in [0.29, 0.717) is 22.4 Å². The molecule has 2 atom stereocenters. The fourth-order valence-electron chi connectivity index (χ4n) is 3.86. The van der Waals surface area contributed by atoms with Crippen LogP contribution in [-0.2, 0) is 21.1 Å². The van der Waals surface area contributed by atoms with Crippen LogP contribution in [0.2, 0.25) is 0 Å². The normalized spacial score (nSPS) is 23.1. The quantitative estimate of drug-likeness (QED) is 0.678. The Morgan fingerprint density at radius 3 is 2.55 bits per heavy atom. The van der Waals surface area contributed by atoms with E-state index in [-0.39, 0.29) is 35.1 Å². The van der Waals surface area contributed by atoms with Crippen LogP contribution in [0, 0.1) is 6.92 Å². The first-order valence-corrected chi connectivity index (χ1v) is 12.5. The maximum absolute atomic E-state index is 12.8. The number of carbonyl (C=O) groups excluding carboxylic acids is 1. The number of ether oxygens (including phenoxy) is 2. The molecule has 7 nitrogen and oxygen atoms in total. The first-order valence-electron chi connectivity index (χ1n) is 9.85. The zero-order chi connectivity index (χ0) is 22.2. The Morgan fingerprint density at radius 2 is 1.87 bits per heavy atom. The summed E-state index contributed by atoms with van der Waals surface area (Å²) in [6.07, 6.45) is 0.182. The molecule has 2 aliphatic heterocycles. The highest BCUT2D eigenvalue weighted by Crippen LogP contribution is 2.45. The van der Waals surface area contributed by atoms with Gasteiger partial charge in [0, 0.05) is 11.3 Å². The molecule has 0 aromatic heterocycles. The molecule has 1 amide bonds. The summed E-state index contributed by atoms with van der Waals surface area (Å²) in [6.45, 7) is 1.99. The molecule has 0 bridgehead atoms. The van der Waals surface area contributed by atoms with Crippen LogP contribution in [0.1, 0.15) is 11.1 Å². The van der Waals surface area contributed by atoms with Crippen molar-refractivity contribution in [2.45, 2.75) is 24.6 Å². The number of rotatable bonds is 5. The van der Waals surface area contributed by atoms with Crippen molar-refractivity contribution in [2.24, 2.45) is 4.99 Å². The second kappa shape index (κ2) is 8.55. The summed E-state index contributed by atoms with van der Waals surface area (Å²) in [5, 5.41) is 0.306. The number of amides is 1. The SMILES string of the molecule is COc1ccc(OC)c(N2C(=NC(=O)Cc3ccc(C)cc3)S[C@H]3CS(=O)(=O)C[C@H]32)c1. The Bertz CT molecular complexity index is 1130. The minimum atomic E-state index is -3.16. The maximum Gasteiger partial charge on any atom is 0.252 e. The van der Waals surface area contributed by atoms with Gasteiger partial charge in [-0.3, -0.25) is 4.79 Å². The highest BCUT2D eigenvalue weighted by atomic mass is 32.2. The Hall–Kier alpha value is -2.52. The van der Waals surface area contributed by atoms with Gasteiger partial charge in [-0.15, -0.1) is 0 Å². The summed E-state index contributed by atoms with van der Waals surface area (Å²) in [7, 11) is -0.0456. The fourth-order valence-corrected chi connectivity index (χ4v) is 7.78. The standard InChI is InChI=1S/C22H24N2O5S2/c1-14-4-6-15(7-5-14)10-21(25)23-22-24(18-12-31(26,27)13-20(18)30-22)17-11-16(28-2)8-9-19(17)29-3/h4-9,11,18,20H,10,12-13H2,1-3H3/t18-,20+/m1/s1. The number of amidine groups is 1. The lowest BCUT2D eigenvalue weighted by Gasteiger charge is -2.26. The summed E-state index contributed by atoms with van der Waals surface area (Å²) in [5.74, 6) is 0.966. The number of anilines is 1. The second-order valence-corrected chi connectivity index (χ2v) is 11.0. The van der Waals surface area contributed by atoms with E-state index in [4.69, 9.17) is 9.47 Å². The lowest BCUT2D eigenvalue weighted by molar-refractivity contribution is -0.117. The van der Waals surface area contributed by atoms with Crippen molar-refractivity contribution < 1.29 is 22.7 Å². The molecule has 4 rings (SSSR count). The monoisotopic (exact) mass is 460 g/mol. The molecule has 2 aliphatic rings. The molecule has 9 heteroatoms. The largest absolute Gasteiger partial charge is 0.497 e. The van der Waals surface area contributed by atoms with Gasteiger partial charge in [-0.1, -0.05) is 41.6 Å². The van der Waals surface area contributed by atoms with Crippen molar-refractivity contribution in [3.63, 3.8) is 0 Å².